The number of amides is 1. The number of aromatic nitrogens is 3. The number of hydrogen-bond acceptors (Lipinski definition) is 5. The lowest BCUT2D eigenvalue weighted by molar-refractivity contribution is -0.115. The van der Waals surface area contributed by atoms with Crippen molar-refractivity contribution in [2.24, 2.45) is 7.05 Å². The number of rotatable bonds is 7. The maximum atomic E-state index is 12.6. The molecule has 0 saturated carbocycles. The number of para-hydroxylation sites is 1. The van der Waals surface area contributed by atoms with Gasteiger partial charge >= 0.3 is 0 Å². The predicted octanol–water partition coefficient (Wildman–Crippen LogP) is 5.13. The first-order valence-electron chi connectivity index (χ1n) is 8.84. The summed E-state index contributed by atoms with van der Waals surface area (Å²) >= 11 is 13.4. The van der Waals surface area contributed by atoms with Gasteiger partial charge in [0.1, 0.15) is 12.4 Å². The molecule has 1 N–H and O–H groups in total. The molecule has 0 spiro atoms. The van der Waals surface area contributed by atoms with Gasteiger partial charge in [-0.05, 0) is 43.7 Å². The van der Waals surface area contributed by atoms with Gasteiger partial charge in [-0.25, -0.2) is 0 Å². The topological polar surface area (TPSA) is 69.0 Å². The van der Waals surface area contributed by atoms with Crippen molar-refractivity contribution in [2.75, 3.05) is 5.32 Å². The molecule has 152 valence electrons. The van der Waals surface area contributed by atoms with Crippen LogP contribution in [0.2, 0.25) is 10.0 Å². The number of nitrogens with zero attached hydrogens (tertiary/aromatic N) is 3. The molecule has 0 aliphatic rings. The van der Waals surface area contributed by atoms with Crippen LogP contribution in [0.5, 0.6) is 5.75 Å². The summed E-state index contributed by atoms with van der Waals surface area (Å²) in [6, 6.07) is 12.6. The Kier molecular flexibility index (Phi) is 7.05. The molecule has 0 aliphatic heterocycles. The van der Waals surface area contributed by atoms with Gasteiger partial charge in [0.05, 0.1) is 10.3 Å². The minimum Gasteiger partial charge on any atom is -0.484 e. The zero-order chi connectivity index (χ0) is 21.0. The van der Waals surface area contributed by atoms with Crippen LogP contribution in [0, 0.1) is 6.92 Å². The molecule has 0 bridgehead atoms. The number of thioether (sulfide) groups is 1. The summed E-state index contributed by atoms with van der Waals surface area (Å²) < 4.78 is 7.52. The van der Waals surface area contributed by atoms with Crippen LogP contribution in [0.1, 0.15) is 18.3 Å². The van der Waals surface area contributed by atoms with Crippen molar-refractivity contribution < 1.29 is 9.53 Å². The number of aryl methyl sites for hydroxylation is 1. The van der Waals surface area contributed by atoms with E-state index in [2.05, 4.69) is 15.5 Å². The zero-order valence-corrected chi connectivity index (χ0v) is 18.5. The van der Waals surface area contributed by atoms with Gasteiger partial charge < -0.3 is 14.6 Å². The van der Waals surface area contributed by atoms with Crippen LogP contribution in [0.4, 0.5) is 5.69 Å². The molecule has 0 radical (unpaired) electrons. The molecule has 0 saturated heterocycles. The van der Waals surface area contributed by atoms with Gasteiger partial charge in [0.25, 0.3) is 0 Å². The number of anilines is 1. The van der Waals surface area contributed by atoms with Crippen LogP contribution < -0.4 is 10.1 Å². The molecule has 1 aromatic heterocycles. The molecule has 3 rings (SSSR count). The molecule has 1 atom stereocenters. The average Bonchev–Trinajstić information content (AvgIpc) is 3.03. The normalized spacial score (nSPS) is 11.9. The molecule has 1 amide bonds. The highest BCUT2D eigenvalue weighted by atomic mass is 35.5. The van der Waals surface area contributed by atoms with E-state index in [1.54, 1.807) is 28.8 Å². The van der Waals surface area contributed by atoms with E-state index in [-0.39, 0.29) is 17.8 Å². The van der Waals surface area contributed by atoms with Crippen LogP contribution in [0.3, 0.4) is 0 Å². The molecule has 9 heteroatoms. The standard InChI is InChI=1S/C20H20Cl2N4O2S/c1-12-8-9-14(21)10-16(12)23-19(27)13(2)29-20-25-24-18(26(20)3)11-28-17-7-5-4-6-15(17)22/h4-10,13H,11H2,1-3H3,(H,23,27). The van der Waals surface area contributed by atoms with Crippen molar-refractivity contribution in [3.8, 4) is 5.75 Å². The van der Waals surface area contributed by atoms with Crippen molar-refractivity contribution in [1.29, 1.82) is 0 Å². The van der Waals surface area contributed by atoms with E-state index in [0.717, 1.165) is 5.56 Å². The van der Waals surface area contributed by atoms with E-state index in [4.69, 9.17) is 27.9 Å². The second-order valence-corrected chi connectivity index (χ2v) is 8.54. The van der Waals surface area contributed by atoms with E-state index in [0.29, 0.717) is 32.5 Å². The molecule has 6 nitrogen and oxygen atoms in total. The number of nitrogens with one attached hydrogen (secondary N) is 1. The van der Waals surface area contributed by atoms with Crippen LogP contribution in [-0.4, -0.2) is 25.9 Å². The SMILES string of the molecule is Cc1ccc(Cl)cc1NC(=O)C(C)Sc1nnc(COc2ccccc2Cl)n1C. The lowest BCUT2D eigenvalue weighted by atomic mass is 10.2. The van der Waals surface area contributed by atoms with Gasteiger partial charge in [-0.3, -0.25) is 4.79 Å². The Morgan fingerprint density at radius 3 is 2.76 bits per heavy atom. The maximum absolute atomic E-state index is 12.6. The number of ether oxygens (including phenoxy) is 1. The molecule has 1 unspecified atom stereocenters. The van der Waals surface area contributed by atoms with Crippen LogP contribution >= 0.6 is 35.0 Å². The highest BCUT2D eigenvalue weighted by Crippen LogP contribution is 2.26. The number of benzene rings is 2. The van der Waals surface area contributed by atoms with Gasteiger partial charge in [0.2, 0.25) is 5.91 Å². The summed E-state index contributed by atoms with van der Waals surface area (Å²) in [6.45, 7) is 3.95. The number of hydrogen-bond donors (Lipinski definition) is 1. The first-order chi connectivity index (χ1) is 13.8. The highest BCUT2D eigenvalue weighted by Gasteiger charge is 2.20. The molecule has 3 aromatic rings. The fourth-order valence-electron chi connectivity index (χ4n) is 2.45. The molecule has 29 heavy (non-hydrogen) atoms. The summed E-state index contributed by atoms with van der Waals surface area (Å²) in [5.74, 6) is 1.07. The summed E-state index contributed by atoms with van der Waals surface area (Å²) in [7, 11) is 1.83. The largest absolute Gasteiger partial charge is 0.484 e. The lowest BCUT2D eigenvalue weighted by Crippen LogP contribution is -2.23. The summed E-state index contributed by atoms with van der Waals surface area (Å²) in [5.41, 5.74) is 1.64. The monoisotopic (exact) mass is 450 g/mol. The fraction of sp³-hybridized carbons (Fsp3) is 0.250. The van der Waals surface area contributed by atoms with Crippen molar-refractivity contribution in [2.45, 2.75) is 30.9 Å². The Balaban J connectivity index is 1.62. The minimum atomic E-state index is -0.381. The number of carbonyl (C=O) groups excluding carboxylic acids is 1. The zero-order valence-electron chi connectivity index (χ0n) is 16.1. The molecule has 0 aliphatic carbocycles. The van der Waals surface area contributed by atoms with Gasteiger partial charge in [0, 0.05) is 17.8 Å². The Morgan fingerprint density at radius 2 is 2.00 bits per heavy atom. The summed E-state index contributed by atoms with van der Waals surface area (Å²) in [5, 5.41) is 12.6. The predicted molar refractivity (Wildman–Crippen MR) is 117 cm³/mol. The first-order valence-corrected chi connectivity index (χ1v) is 10.5. The first kappa shape index (κ1) is 21.5. The third kappa shape index (κ3) is 5.44. The summed E-state index contributed by atoms with van der Waals surface area (Å²) in [6.07, 6.45) is 0. The van der Waals surface area contributed by atoms with Crippen molar-refractivity contribution in [3.63, 3.8) is 0 Å². The van der Waals surface area contributed by atoms with Gasteiger partial charge in [-0.2, -0.15) is 0 Å². The Hall–Kier alpha value is -2.22. The maximum Gasteiger partial charge on any atom is 0.237 e. The van der Waals surface area contributed by atoms with Crippen molar-refractivity contribution in [3.05, 3.63) is 63.9 Å². The molecule has 1 heterocycles. The van der Waals surface area contributed by atoms with Crippen LogP contribution in [0.15, 0.2) is 47.6 Å². The third-order valence-corrected chi connectivity index (χ3v) is 5.91. The van der Waals surface area contributed by atoms with Crippen molar-refractivity contribution in [1.82, 2.24) is 14.8 Å². The van der Waals surface area contributed by atoms with Crippen molar-refractivity contribution >= 4 is 46.6 Å². The van der Waals surface area contributed by atoms with Gasteiger partial charge in [0.15, 0.2) is 11.0 Å². The third-order valence-electron chi connectivity index (χ3n) is 4.23. The van der Waals surface area contributed by atoms with Crippen LogP contribution in [0.25, 0.3) is 0 Å². The number of carbonyl (C=O) groups is 1. The minimum absolute atomic E-state index is 0.141. The Labute approximate surface area is 183 Å². The second-order valence-electron chi connectivity index (χ2n) is 6.39. The van der Waals surface area contributed by atoms with E-state index in [1.165, 1.54) is 11.8 Å². The molecule has 2 aromatic carbocycles. The molecular formula is C20H20Cl2N4O2S. The second kappa shape index (κ2) is 9.52. The Morgan fingerprint density at radius 1 is 1.24 bits per heavy atom. The quantitative estimate of drug-likeness (QED) is 0.505. The van der Waals surface area contributed by atoms with Gasteiger partial charge in [-0.1, -0.05) is 53.2 Å². The Bertz CT molecular complexity index is 1030. The average molecular weight is 451 g/mol. The van der Waals surface area contributed by atoms with E-state index in [9.17, 15) is 4.79 Å². The fourth-order valence-corrected chi connectivity index (χ4v) is 3.65. The van der Waals surface area contributed by atoms with E-state index in [1.807, 2.05) is 39.1 Å². The lowest BCUT2D eigenvalue weighted by Gasteiger charge is -2.13. The van der Waals surface area contributed by atoms with Gasteiger partial charge in [-0.15, -0.1) is 10.2 Å². The summed E-state index contributed by atoms with van der Waals surface area (Å²) in [4.78, 5) is 12.6. The molecule has 0 fully saturated rings. The van der Waals surface area contributed by atoms with Crippen LogP contribution in [-0.2, 0) is 18.4 Å². The highest BCUT2D eigenvalue weighted by molar-refractivity contribution is 8.00. The molecular weight excluding hydrogens is 431 g/mol. The smallest absolute Gasteiger partial charge is 0.237 e. The van der Waals surface area contributed by atoms with E-state index < -0.39 is 0 Å². The van der Waals surface area contributed by atoms with E-state index >= 15 is 0 Å². The number of halogens is 2.